The van der Waals surface area contributed by atoms with Gasteiger partial charge in [-0.15, -0.1) is 0 Å². The van der Waals surface area contributed by atoms with Gasteiger partial charge in [-0.05, 0) is 54.8 Å². The molecule has 0 saturated heterocycles. The van der Waals surface area contributed by atoms with Crippen LogP contribution in [0.4, 0.5) is 13.2 Å². The molecule has 0 atom stereocenters. The zero-order chi connectivity index (χ0) is 18.4. The zero-order valence-electron chi connectivity index (χ0n) is 13.6. The number of carboxylic acid groups (broad SMARTS) is 1. The highest BCUT2D eigenvalue weighted by Crippen LogP contribution is 2.33. The van der Waals surface area contributed by atoms with Crippen LogP contribution in [-0.4, -0.2) is 20.6 Å². The van der Waals surface area contributed by atoms with E-state index in [1.54, 1.807) is 12.1 Å². The van der Waals surface area contributed by atoms with E-state index >= 15 is 0 Å². The first-order valence-electron chi connectivity index (χ1n) is 7.53. The molecule has 0 spiro atoms. The van der Waals surface area contributed by atoms with Crippen LogP contribution in [0, 0.1) is 13.8 Å². The van der Waals surface area contributed by atoms with E-state index in [4.69, 9.17) is 5.11 Å². The highest BCUT2D eigenvalue weighted by atomic mass is 19.4. The molecule has 1 aromatic heterocycles. The lowest BCUT2D eigenvalue weighted by molar-refractivity contribution is -0.146. The molecule has 0 aliphatic rings. The molecule has 0 bridgehead atoms. The summed E-state index contributed by atoms with van der Waals surface area (Å²) in [5.74, 6) is -2.04. The Balaban J connectivity index is 2.12. The van der Waals surface area contributed by atoms with Crippen LogP contribution < -0.4 is 0 Å². The number of fused-ring (bicyclic) bond motifs is 1. The third-order valence-electron chi connectivity index (χ3n) is 4.16. The molecule has 25 heavy (non-hydrogen) atoms. The normalized spacial score (nSPS) is 11.9. The molecule has 7 heteroatoms. The molecule has 0 saturated carbocycles. The smallest absolute Gasteiger partial charge is 0.449 e. The molecule has 4 nitrogen and oxygen atoms in total. The first-order chi connectivity index (χ1) is 11.7. The van der Waals surface area contributed by atoms with E-state index < -0.39 is 18.0 Å². The largest absolute Gasteiger partial charge is 0.478 e. The number of aryl methyl sites for hydroxylation is 2. The lowest BCUT2D eigenvalue weighted by atomic mass is 10.1. The van der Waals surface area contributed by atoms with Gasteiger partial charge in [0, 0.05) is 6.54 Å². The Kier molecular flexibility index (Phi) is 4.02. The molecular formula is C18H15F3N2O2. The summed E-state index contributed by atoms with van der Waals surface area (Å²) in [6.07, 6.45) is -4.58. The van der Waals surface area contributed by atoms with Crippen LogP contribution >= 0.6 is 0 Å². The maximum absolute atomic E-state index is 13.4. The number of halogens is 3. The van der Waals surface area contributed by atoms with Crippen molar-refractivity contribution in [3.05, 3.63) is 64.5 Å². The Labute approximate surface area is 141 Å². The van der Waals surface area contributed by atoms with E-state index in [-0.39, 0.29) is 17.6 Å². The van der Waals surface area contributed by atoms with Crippen LogP contribution in [0.15, 0.2) is 36.4 Å². The fourth-order valence-corrected chi connectivity index (χ4v) is 2.69. The molecule has 0 amide bonds. The Bertz CT molecular complexity index is 957. The minimum Gasteiger partial charge on any atom is -0.478 e. The SMILES string of the molecule is Cc1cc2nc(C(F)(F)F)n(Cc3ccc(C(=O)O)cc3)c2cc1C. The summed E-state index contributed by atoms with van der Waals surface area (Å²) in [4.78, 5) is 14.7. The molecule has 0 unspecified atom stereocenters. The second-order valence-corrected chi connectivity index (χ2v) is 5.95. The third kappa shape index (κ3) is 3.22. The third-order valence-corrected chi connectivity index (χ3v) is 4.16. The lowest BCUT2D eigenvalue weighted by Gasteiger charge is -2.12. The standard InChI is InChI=1S/C18H15F3N2O2/c1-10-7-14-15(8-11(10)2)23(17(22-14)18(19,20)21)9-12-3-5-13(6-4-12)16(24)25/h3-8H,9H2,1-2H3,(H,24,25). The van der Waals surface area contributed by atoms with Crippen molar-refractivity contribution in [2.24, 2.45) is 0 Å². The van der Waals surface area contributed by atoms with Crippen LogP contribution in [-0.2, 0) is 12.7 Å². The molecule has 2 aromatic carbocycles. The van der Waals surface area contributed by atoms with E-state index in [1.165, 1.54) is 24.3 Å². The molecule has 0 aliphatic heterocycles. The van der Waals surface area contributed by atoms with Gasteiger partial charge < -0.3 is 9.67 Å². The Hall–Kier alpha value is -2.83. The Morgan fingerprint density at radius 2 is 1.72 bits per heavy atom. The number of nitrogens with zero attached hydrogens (tertiary/aromatic N) is 2. The van der Waals surface area contributed by atoms with Crippen molar-refractivity contribution in [1.29, 1.82) is 0 Å². The van der Waals surface area contributed by atoms with Crippen molar-refractivity contribution >= 4 is 17.0 Å². The summed E-state index contributed by atoms with van der Waals surface area (Å²) < 4.78 is 41.3. The summed E-state index contributed by atoms with van der Waals surface area (Å²) in [6, 6.07) is 9.11. The zero-order valence-corrected chi connectivity index (χ0v) is 13.6. The van der Waals surface area contributed by atoms with Gasteiger partial charge in [-0.2, -0.15) is 13.2 Å². The molecule has 0 aliphatic carbocycles. The maximum atomic E-state index is 13.4. The predicted molar refractivity (Wildman–Crippen MR) is 86.7 cm³/mol. The van der Waals surface area contributed by atoms with Crippen molar-refractivity contribution in [2.75, 3.05) is 0 Å². The van der Waals surface area contributed by atoms with E-state index in [0.717, 1.165) is 15.7 Å². The van der Waals surface area contributed by atoms with Crippen molar-refractivity contribution in [3.8, 4) is 0 Å². The minimum atomic E-state index is -4.58. The number of aromatic carboxylic acids is 1. The van der Waals surface area contributed by atoms with Gasteiger partial charge in [-0.1, -0.05) is 12.1 Å². The Morgan fingerprint density at radius 1 is 1.12 bits per heavy atom. The van der Waals surface area contributed by atoms with Gasteiger partial charge in [-0.25, -0.2) is 9.78 Å². The first kappa shape index (κ1) is 17.0. The van der Waals surface area contributed by atoms with Crippen molar-refractivity contribution < 1.29 is 23.1 Å². The van der Waals surface area contributed by atoms with Crippen molar-refractivity contribution in [1.82, 2.24) is 9.55 Å². The molecular weight excluding hydrogens is 333 g/mol. The predicted octanol–water partition coefficient (Wildman–Crippen LogP) is 4.42. The van der Waals surface area contributed by atoms with Crippen LogP contribution in [0.1, 0.15) is 32.9 Å². The number of imidazole rings is 1. The van der Waals surface area contributed by atoms with Gasteiger partial charge in [0.2, 0.25) is 5.82 Å². The fraction of sp³-hybridized carbons (Fsp3) is 0.222. The topological polar surface area (TPSA) is 55.1 Å². The maximum Gasteiger partial charge on any atom is 0.449 e. The van der Waals surface area contributed by atoms with Gasteiger partial charge in [0.25, 0.3) is 0 Å². The number of benzene rings is 2. The molecule has 1 N–H and O–H groups in total. The summed E-state index contributed by atoms with van der Waals surface area (Å²) in [5, 5.41) is 8.92. The van der Waals surface area contributed by atoms with Gasteiger partial charge in [0.15, 0.2) is 0 Å². The Morgan fingerprint density at radius 3 is 2.28 bits per heavy atom. The number of rotatable bonds is 3. The highest BCUT2D eigenvalue weighted by Gasteiger charge is 2.37. The number of alkyl halides is 3. The van der Waals surface area contributed by atoms with Gasteiger partial charge in [0.1, 0.15) is 0 Å². The van der Waals surface area contributed by atoms with Crippen LogP contribution in [0.3, 0.4) is 0 Å². The van der Waals surface area contributed by atoms with Crippen LogP contribution in [0.2, 0.25) is 0 Å². The van der Waals surface area contributed by atoms with E-state index in [9.17, 15) is 18.0 Å². The van der Waals surface area contributed by atoms with Gasteiger partial charge in [0.05, 0.1) is 16.6 Å². The van der Waals surface area contributed by atoms with E-state index in [1.807, 2.05) is 13.8 Å². The average molecular weight is 348 g/mol. The summed E-state index contributed by atoms with van der Waals surface area (Å²) in [5.41, 5.74) is 3.09. The van der Waals surface area contributed by atoms with Crippen LogP contribution in [0.5, 0.6) is 0 Å². The van der Waals surface area contributed by atoms with E-state index in [0.29, 0.717) is 11.1 Å². The number of carbonyl (C=O) groups is 1. The van der Waals surface area contributed by atoms with Gasteiger partial charge >= 0.3 is 12.1 Å². The van der Waals surface area contributed by atoms with Gasteiger partial charge in [-0.3, -0.25) is 0 Å². The summed E-state index contributed by atoms with van der Waals surface area (Å²) in [7, 11) is 0. The van der Waals surface area contributed by atoms with Crippen molar-refractivity contribution in [3.63, 3.8) is 0 Å². The number of aromatic nitrogens is 2. The molecule has 3 aromatic rings. The molecule has 3 rings (SSSR count). The number of hydrogen-bond acceptors (Lipinski definition) is 2. The van der Waals surface area contributed by atoms with Crippen molar-refractivity contribution in [2.45, 2.75) is 26.6 Å². The lowest BCUT2D eigenvalue weighted by Crippen LogP contribution is -2.15. The first-order valence-corrected chi connectivity index (χ1v) is 7.53. The summed E-state index contributed by atoms with van der Waals surface area (Å²) in [6.45, 7) is 3.61. The summed E-state index contributed by atoms with van der Waals surface area (Å²) >= 11 is 0. The second kappa shape index (κ2) is 5.91. The highest BCUT2D eigenvalue weighted by molar-refractivity contribution is 5.87. The molecule has 130 valence electrons. The number of carboxylic acids is 1. The molecule has 0 radical (unpaired) electrons. The number of hydrogen-bond donors (Lipinski definition) is 1. The average Bonchev–Trinajstić information content (AvgIpc) is 2.86. The molecule has 1 heterocycles. The van der Waals surface area contributed by atoms with E-state index in [2.05, 4.69) is 4.98 Å². The molecule has 0 fully saturated rings. The minimum absolute atomic E-state index is 0.0479. The fourth-order valence-electron chi connectivity index (χ4n) is 2.69. The second-order valence-electron chi connectivity index (χ2n) is 5.95. The quantitative estimate of drug-likeness (QED) is 0.762. The monoisotopic (exact) mass is 348 g/mol. The van der Waals surface area contributed by atoms with Crippen LogP contribution in [0.25, 0.3) is 11.0 Å².